The molecule has 2 amide bonds. The van der Waals surface area contributed by atoms with E-state index in [2.05, 4.69) is 26.1 Å². The van der Waals surface area contributed by atoms with Gasteiger partial charge in [-0.15, -0.1) is 0 Å². The first-order valence-corrected chi connectivity index (χ1v) is 7.55. The fraction of sp³-hybridized carbons (Fsp3) is 0.933. The van der Waals surface area contributed by atoms with Crippen LogP contribution in [0.1, 0.15) is 53.4 Å². The van der Waals surface area contributed by atoms with E-state index in [1.54, 1.807) is 6.92 Å². The Bertz CT molecular complexity index is 290. The molecule has 0 saturated carbocycles. The third-order valence-electron chi connectivity index (χ3n) is 3.95. The monoisotopic (exact) mass is 270 g/mol. The fourth-order valence-electron chi connectivity index (χ4n) is 2.88. The molecule has 0 aromatic rings. The molecule has 2 N–H and O–H groups in total. The van der Waals surface area contributed by atoms with E-state index < -0.39 is 0 Å². The lowest BCUT2D eigenvalue weighted by Gasteiger charge is -2.34. The van der Waals surface area contributed by atoms with E-state index in [1.807, 2.05) is 4.90 Å². The SMILES string of the molecule is CCC1CCCN(C(=O)NCC(C)(C)CC(C)O)C1. The van der Waals surface area contributed by atoms with E-state index in [-0.39, 0.29) is 17.6 Å². The van der Waals surface area contributed by atoms with Gasteiger partial charge in [-0.25, -0.2) is 4.79 Å². The number of nitrogens with one attached hydrogen (secondary N) is 1. The Morgan fingerprint density at radius 3 is 2.79 bits per heavy atom. The smallest absolute Gasteiger partial charge is 0.317 e. The molecule has 112 valence electrons. The summed E-state index contributed by atoms with van der Waals surface area (Å²) >= 11 is 0. The minimum Gasteiger partial charge on any atom is -0.393 e. The molecule has 1 aliphatic rings. The van der Waals surface area contributed by atoms with Crippen LogP contribution >= 0.6 is 0 Å². The number of aliphatic hydroxyl groups excluding tert-OH is 1. The Kier molecular flexibility index (Phi) is 6.11. The molecule has 1 aliphatic heterocycles. The average Bonchev–Trinajstić information content (AvgIpc) is 2.34. The normalized spacial score (nSPS) is 22.2. The average molecular weight is 270 g/mol. The van der Waals surface area contributed by atoms with E-state index in [1.165, 1.54) is 6.42 Å². The molecule has 0 bridgehead atoms. The summed E-state index contributed by atoms with van der Waals surface area (Å²) < 4.78 is 0. The van der Waals surface area contributed by atoms with Gasteiger partial charge in [0.15, 0.2) is 0 Å². The third kappa shape index (κ3) is 5.81. The van der Waals surface area contributed by atoms with Gasteiger partial charge in [-0.2, -0.15) is 0 Å². The molecule has 1 heterocycles. The molecule has 0 spiro atoms. The van der Waals surface area contributed by atoms with Gasteiger partial charge in [-0.1, -0.05) is 27.2 Å². The molecule has 1 saturated heterocycles. The lowest BCUT2D eigenvalue weighted by Crippen LogP contribution is -2.47. The molecule has 1 rings (SSSR count). The molecule has 2 atom stereocenters. The molecule has 4 nitrogen and oxygen atoms in total. The number of hydrogen-bond donors (Lipinski definition) is 2. The first-order valence-electron chi connectivity index (χ1n) is 7.55. The Balaban J connectivity index is 2.38. The summed E-state index contributed by atoms with van der Waals surface area (Å²) in [4.78, 5) is 14.1. The Morgan fingerprint density at radius 1 is 1.53 bits per heavy atom. The maximum absolute atomic E-state index is 12.1. The number of piperidine rings is 1. The molecule has 2 unspecified atom stereocenters. The van der Waals surface area contributed by atoms with Crippen LogP contribution in [0.4, 0.5) is 4.79 Å². The van der Waals surface area contributed by atoms with Gasteiger partial charge < -0.3 is 15.3 Å². The maximum Gasteiger partial charge on any atom is 0.317 e. The summed E-state index contributed by atoms with van der Waals surface area (Å²) in [7, 11) is 0. The summed E-state index contributed by atoms with van der Waals surface area (Å²) in [5.41, 5.74) is -0.0657. The number of urea groups is 1. The van der Waals surface area contributed by atoms with Gasteiger partial charge in [-0.3, -0.25) is 0 Å². The van der Waals surface area contributed by atoms with Gasteiger partial charge in [-0.05, 0) is 37.5 Å². The topological polar surface area (TPSA) is 52.6 Å². The van der Waals surface area contributed by atoms with Gasteiger partial charge in [0.1, 0.15) is 0 Å². The van der Waals surface area contributed by atoms with E-state index in [0.717, 1.165) is 25.9 Å². The first-order chi connectivity index (χ1) is 8.84. The van der Waals surface area contributed by atoms with Crippen LogP contribution in [0.2, 0.25) is 0 Å². The van der Waals surface area contributed by atoms with Crippen molar-refractivity contribution in [3.63, 3.8) is 0 Å². The first kappa shape index (κ1) is 16.3. The van der Waals surface area contributed by atoms with Crippen LogP contribution in [0.25, 0.3) is 0 Å². The second-order valence-corrected chi connectivity index (χ2v) is 6.74. The fourth-order valence-corrected chi connectivity index (χ4v) is 2.88. The summed E-state index contributed by atoms with van der Waals surface area (Å²) in [5.74, 6) is 0.657. The predicted molar refractivity (Wildman–Crippen MR) is 78.1 cm³/mol. The zero-order valence-electron chi connectivity index (χ0n) is 12.9. The summed E-state index contributed by atoms with van der Waals surface area (Å²) in [6.07, 6.45) is 3.88. The van der Waals surface area contributed by atoms with Crippen molar-refractivity contribution >= 4 is 6.03 Å². The van der Waals surface area contributed by atoms with Crippen LogP contribution < -0.4 is 5.32 Å². The molecule has 0 aliphatic carbocycles. The minimum absolute atomic E-state index is 0.0526. The molecule has 19 heavy (non-hydrogen) atoms. The number of carbonyl (C=O) groups is 1. The number of aliphatic hydroxyl groups is 1. The third-order valence-corrected chi connectivity index (χ3v) is 3.95. The number of likely N-dealkylation sites (tertiary alicyclic amines) is 1. The summed E-state index contributed by atoms with van der Waals surface area (Å²) in [6, 6.07) is 0.0526. The van der Waals surface area contributed by atoms with Crippen molar-refractivity contribution in [2.24, 2.45) is 11.3 Å². The van der Waals surface area contributed by atoms with Crippen LogP contribution in [0.3, 0.4) is 0 Å². The highest BCUT2D eigenvalue weighted by atomic mass is 16.3. The quantitative estimate of drug-likeness (QED) is 0.807. The Morgan fingerprint density at radius 2 is 2.21 bits per heavy atom. The van der Waals surface area contributed by atoms with Crippen LogP contribution in [-0.2, 0) is 0 Å². The zero-order valence-corrected chi connectivity index (χ0v) is 12.9. The van der Waals surface area contributed by atoms with Crippen molar-refractivity contribution in [1.82, 2.24) is 10.2 Å². The Labute approximate surface area is 117 Å². The standard InChI is InChI=1S/C15H30N2O2/c1-5-13-7-6-8-17(10-13)14(19)16-11-15(3,4)9-12(2)18/h12-13,18H,5-11H2,1-4H3,(H,16,19). The van der Waals surface area contributed by atoms with Crippen LogP contribution in [0.5, 0.6) is 0 Å². The zero-order chi connectivity index (χ0) is 14.5. The second-order valence-electron chi connectivity index (χ2n) is 6.74. The summed E-state index contributed by atoms with van der Waals surface area (Å²) in [5, 5.41) is 12.5. The lowest BCUT2D eigenvalue weighted by atomic mass is 9.87. The number of rotatable bonds is 5. The van der Waals surface area contributed by atoms with Gasteiger partial charge in [0.05, 0.1) is 6.10 Å². The van der Waals surface area contributed by atoms with Crippen molar-refractivity contribution in [2.75, 3.05) is 19.6 Å². The second kappa shape index (κ2) is 7.13. The highest BCUT2D eigenvalue weighted by Crippen LogP contribution is 2.22. The molecule has 4 heteroatoms. The maximum atomic E-state index is 12.1. The highest BCUT2D eigenvalue weighted by molar-refractivity contribution is 5.74. The predicted octanol–water partition coefficient (Wildman–Crippen LogP) is 2.62. The summed E-state index contributed by atoms with van der Waals surface area (Å²) in [6.45, 7) is 10.5. The van der Waals surface area contributed by atoms with E-state index in [4.69, 9.17) is 0 Å². The van der Waals surface area contributed by atoms with Gasteiger partial charge >= 0.3 is 6.03 Å². The lowest BCUT2D eigenvalue weighted by molar-refractivity contribution is 0.123. The minimum atomic E-state index is -0.327. The van der Waals surface area contributed by atoms with E-state index in [0.29, 0.717) is 18.9 Å². The molecule has 0 aromatic carbocycles. The van der Waals surface area contributed by atoms with Gasteiger partial charge in [0.25, 0.3) is 0 Å². The Hall–Kier alpha value is -0.770. The van der Waals surface area contributed by atoms with Crippen LogP contribution in [0.15, 0.2) is 0 Å². The molecule has 0 radical (unpaired) electrons. The number of amides is 2. The van der Waals surface area contributed by atoms with Crippen molar-refractivity contribution in [2.45, 2.75) is 59.5 Å². The van der Waals surface area contributed by atoms with Gasteiger partial charge in [0, 0.05) is 19.6 Å². The number of nitrogens with zero attached hydrogens (tertiary/aromatic N) is 1. The van der Waals surface area contributed by atoms with Crippen LogP contribution in [-0.4, -0.2) is 41.8 Å². The largest absolute Gasteiger partial charge is 0.393 e. The van der Waals surface area contributed by atoms with Crippen molar-refractivity contribution in [3.05, 3.63) is 0 Å². The number of carbonyl (C=O) groups excluding carboxylic acids is 1. The van der Waals surface area contributed by atoms with Crippen molar-refractivity contribution < 1.29 is 9.90 Å². The molecular weight excluding hydrogens is 240 g/mol. The van der Waals surface area contributed by atoms with Crippen LogP contribution in [0, 0.1) is 11.3 Å². The van der Waals surface area contributed by atoms with Crippen molar-refractivity contribution in [3.8, 4) is 0 Å². The van der Waals surface area contributed by atoms with E-state index >= 15 is 0 Å². The molecule has 0 aromatic heterocycles. The number of hydrogen-bond acceptors (Lipinski definition) is 2. The highest BCUT2D eigenvalue weighted by Gasteiger charge is 2.25. The van der Waals surface area contributed by atoms with Crippen molar-refractivity contribution in [1.29, 1.82) is 0 Å². The van der Waals surface area contributed by atoms with Gasteiger partial charge in [0.2, 0.25) is 0 Å². The molecular formula is C15H30N2O2. The molecule has 1 fully saturated rings. The van der Waals surface area contributed by atoms with E-state index in [9.17, 15) is 9.90 Å².